The van der Waals surface area contributed by atoms with Crippen LogP contribution in [-0.4, -0.2) is 44.5 Å². The third-order valence-electron chi connectivity index (χ3n) is 9.78. The van der Waals surface area contributed by atoms with Gasteiger partial charge in [-0.15, -0.1) is 30.7 Å². The van der Waals surface area contributed by atoms with Gasteiger partial charge < -0.3 is 29.7 Å². The lowest BCUT2D eigenvalue weighted by Crippen LogP contribution is -1.97. The third kappa shape index (κ3) is 10.1. The van der Waals surface area contributed by atoms with Crippen LogP contribution in [0.3, 0.4) is 0 Å². The van der Waals surface area contributed by atoms with E-state index in [2.05, 4.69) is 46.2 Å². The van der Waals surface area contributed by atoms with Crippen molar-refractivity contribution in [3.63, 3.8) is 0 Å². The van der Waals surface area contributed by atoms with E-state index in [0.29, 0.717) is 73.4 Å². The van der Waals surface area contributed by atoms with Crippen molar-refractivity contribution in [3.05, 3.63) is 138 Å². The standard InChI is InChI=1S/C46H41N9O8S/c1-27-19-39(42(61-3)23-36(27)50-48-34-13-9-10-14-45(34)64(58,59)60)53-51-37-24-43(62-4)40(20-28(37)2)54-52-38-25-44(63-5)41(22-30(38)26-56)55-49-35-18-15-29-21-32(16-17-33(29)46(35)57)47-31-11-7-6-8-12-31/h6-25,47,56-57H,26H2,1-5H3,(H,58,59,60). The molecule has 0 spiro atoms. The Morgan fingerprint density at radius 1 is 0.516 bits per heavy atom. The van der Waals surface area contributed by atoms with Gasteiger partial charge in [-0.3, -0.25) is 4.55 Å². The quantitative estimate of drug-likeness (QED) is 0.0565. The summed E-state index contributed by atoms with van der Waals surface area (Å²) in [5.74, 6) is 0.928. The lowest BCUT2D eigenvalue weighted by atomic mass is 10.1. The van der Waals surface area contributed by atoms with E-state index in [9.17, 15) is 23.2 Å². The minimum Gasteiger partial charge on any atom is -0.505 e. The monoisotopic (exact) mass is 879 g/mol. The maximum Gasteiger partial charge on any atom is 0.296 e. The number of ether oxygens (including phenoxy) is 3. The van der Waals surface area contributed by atoms with Gasteiger partial charge in [-0.1, -0.05) is 36.4 Å². The molecule has 17 nitrogen and oxygen atoms in total. The zero-order valence-electron chi connectivity index (χ0n) is 35.1. The van der Waals surface area contributed by atoms with E-state index in [1.165, 1.54) is 39.5 Å². The number of nitrogens with one attached hydrogen (secondary N) is 1. The highest BCUT2D eigenvalue weighted by Gasteiger charge is 2.17. The second-order valence-electron chi connectivity index (χ2n) is 14.0. The minimum atomic E-state index is -4.51. The molecule has 18 heteroatoms. The third-order valence-corrected chi connectivity index (χ3v) is 10.7. The highest BCUT2D eigenvalue weighted by molar-refractivity contribution is 7.86. The van der Waals surface area contributed by atoms with Crippen LogP contribution in [0, 0.1) is 13.8 Å². The van der Waals surface area contributed by atoms with E-state index in [1.54, 1.807) is 55.5 Å². The molecule has 0 aliphatic carbocycles. The van der Waals surface area contributed by atoms with E-state index in [4.69, 9.17) is 14.2 Å². The smallest absolute Gasteiger partial charge is 0.296 e. The Balaban J connectivity index is 1.09. The van der Waals surface area contributed by atoms with Crippen molar-refractivity contribution < 1.29 is 37.4 Å². The number of aliphatic hydroxyl groups excluding tert-OH is 1. The summed E-state index contributed by atoms with van der Waals surface area (Å²) in [5.41, 5.74) is 5.94. The predicted molar refractivity (Wildman–Crippen MR) is 243 cm³/mol. The SMILES string of the molecule is COc1cc(N=Nc2ccccc2S(=O)(=O)O)c(C)cc1N=Nc1cc(OC)c(N=Nc2cc(OC)c(N=Nc3ccc4cc(Nc5ccccc5)ccc4c3O)cc2CO)cc1C. The molecule has 7 aromatic rings. The number of nitrogens with zero attached hydrogens (tertiary/aromatic N) is 8. The van der Waals surface area contributed by atoms with Gasteiger partial charge in [-0.2, -0.15) is 18.6 Å². The van der Waals surface area contributed by atoms with Crippen LogP contribution < -0.4 is 19.5 Å². The van der Waals surface area contributed by atoms with Crippen molar-refractivity contribution in [2.24, 2.45) is 40.9 Å². The Morgan fingerprint density at radius 3 is 1.59 bits per heavy atom. The van der Waals surface area contributed by atoms with Crippen molar-refractivity contribution in [1.82, 2.24) is 0 Å². The number of aromatic hydroxyl groups is 1. The molecule has 0 aliphatic rings. The molecule has 7 aromatic carbocycles. The predicted octanol–water partition coefficient (Wildman–Crippen LogP) is 13.3. The molecule has 64 heavy (non-hydrogen) atoms. The summed E-state index contributed by atoms with van der Waals surface area (Å²) >= 11 is 0. The summed E-state index contributed by atoms with van der Waals surface area (Å²) in [5, 5.41) is 60.8. The number of phenols is 1. The molecule has 0 fully saturated rings. The van der Waals surface area contributed by atoms with Crippen LogP contribution in [0.2, 0.25) is 0 Å². The maximum absolute atomic E-state index is 11.8. The minimum absolute atomic E-state index is 0.0307. The largest absolute Gasteiger partial charge is 0.505 e. The van der Waals surface area contributed by atoms with Gasteiger partial charge in [0.05, 0.1) is 45.0 Å². The molecule has 0 aromatic heterocycles. The molecule has 0 amide bonds. The van der Waals surface area contributed by atoms with Gasteiger partial charge in [-0.05, 0) is 97.1 Å². The number of hydrogen-bond acceptors (Lipinski definition) is 16. The lowest BCUT2D eigenvalue weighted by molar-refractivity contribution is 0.282. The summed E-state index contributed by atoms with van der Waals surface area (Å²) in [6, 6.07) is 34.4. The Labute approximate surface area is 367 Å². The molecular formula is C46H41N9O8S. The van der Waals surface area contributed by atoms with Crippen LogP contribution in [0.15, 0.2) is 167 Å². The van der Waals surface area contributed by atoms with Gasteiger partial charge in [0.2, 0.25) is 0 Å². The number of benzene rings is 7. The topological polar surface area (TPSA) is 233 Å². The first-order chi connectivity index (χ1) is 30.9. The molecule has 0 heterocycles. The zero-order chi connectivity index (χ0) is 45.4. The van der Waals surface area contributed by atoms with Crippen molar-refractivity contribution in [2.45, 2.75) is 25.3 Å². The average molecular weight is 880 g/mol. The van der Waals surface area contributed by atoms with Crippen LogP contribution >= 0.6 is 0 Å². The van der Waals surface area contributed by atoms with Crippen molar-refractivity contribution >= 4 is 77.8 Å². The Kier molecular flexibility index (Phi) is 13.4. The van der Waals surface area contributed by atoms with Crippen LogP contribution in [0.4, 0.5) is 56.9 Å². The molecule has 0 unspecified atom stereocenters. The number of rotatable bonds is 15. The molecule has 0 bridgehead atoms. The molecule has 0 aliphatic heterocycles. The van der Waals surface area contributed by atoms with Gasteiger partial charge in [0.25, 0.3) is 10.1 Å². The fraction of sp³-hybridized carbons (Fsp3) is 0.130. The number of azo groups is 4. The second-order valence-corrected chi connectivity index (χ2v) is 15.4. The van der Waals surface area contributed by atoms with Crippen molar-refractivity contribution in [3.8, 4) is 23.0 Å². The number of hydrogen-bond donors (Lipinski definition) is 4. The van der Waals surface area contributed by atoms with Gasteiger partial charge >= 0.3 is 0 Å². The molecule has 0 radical (unpaired) electrons. The number of methoxy groups -OCH3 is 3. The Morgan fingerprint density at radius 2 is 1.02 bits per heavy atom. The summed E-state index contributed by atoms with van der Waals surface area (Å²) in [7, 11) is -0.104. The highest BCUT2D eigenvalue weighted by atomic mass is 32.2. The van der Waals surface area contributed by atoms with Crippen LogP contribution in [0.5, 0.6) is 23.0 Å². The first-order valence-corrected chi connectivity index (χ1v) is 20.8. The number of para-hydroxylation sites is 1. The molecular weight excluding hydrogens is 839 g/mol. The van der Waals surface area contributed by atoms with Crippen LogP contribution in [-0.2, 0) is 16.7 Å². The van der Waals surface area contributed by atoms with Crippen LogP contribution in [0.1, 0.15) is 16.7 Å². The number of fused-ring (bicyclic) bond motifs is 1. The molecule has 7 rings (SSSR count). The summed E-state index contributed by atoms with van der Waals surface area (Å²) in [4.78, 5) is -0.371. The van der Waals surface area contributed by atoms with Gasteiger partial charge in [0, 0.05) is 40.5 Å². The van der Waals surface area contributed by atoms with E-state index < -0.39 is 16.7 Å². The molecule has 0 atom stereocenters. The summed E-state index contributed by atoms with van der Waals surface area (Å²) in [6.07, 6.45) is 0. The fourth-order valence-electron chi connectivity index (χ4n) is 6.42. The number of phenolic OH excluding ortho intramolecular Hbond substituents is 1. The van der Waals surface area contributed by atoms with Gasteiger partial charge in [-0.25, -0.2) is 0 Å². The van der Waals surface area contributed by atoms with E-state index in [-0.39, 0.29) is 22.0 Å². The fourth-order valence-corrected chi connectivity index (χ4v) is 7.05. The summed E-state index contributed by atoms with van der Waals surface area (Å²) in [6.45, 7) is 3.19. The number of anilines is 2. The highest BCUT2D eigenvalue weighted by Crippen LogP contribution is 2.43. The molecule has 0 saturated heterocycles. The average Bonchev–Trinajstić information content (AvgIpc) is 3.30. The van der Waals surface area contributed by atoms with Crippen molar-refractivity contribution in [2.75, 3.05) is 26.6 Å². The Hall–Kier alpha value is -7.93. The number of aryl methyl sites for hydroxylation is 2. The molecule has 4 N–H and O–H groups in total. The molecule has 0 saturated carbocycles. The van der Waals surface area contributed by atoms with Gasteiger partial charge in [0.1, 0.15) is 50.6 Å². The maximum atomic E-state index is 11.8. The summed E-state index contributed by atoms with van der Waals surface area (Å²) < 4.78 is 49.9. The van der Waals surface area contributed by atoms with Crippen molar-refractivity contribution in [1.29, 1.82) is 0 Å². The first-order valence-electron chi connectivity index (χ1n) is 19.4. The second kappa shape index (κ2) is 19.4. The van der Waals surface area contributed by atoms with Gasteiger partial charge in [0.15, 0.2) is 5.75 Å². The number of aliphatic hydroxyl groups is 1. The van der Waals surface area contributed by atoms with E-state index in [1.807, 2.05) is 61.5 Å². The normalized spacial score (nSPS) is 12.0. The molecule has 324 valence electrons. The zero-order valence-corrected chi connectivity index (χ0v) is 35.9. The lowest BCUT2D eigenvalue weighted by Gasteiger charge is -2.10. The van der Waals surface area contributed by atoms with E-state index in [0.717, 1.165) is 16.8 Å². The van der Waals surface area contributed by atoms with Crippen LogP contribution in [0.25, 0.3) is 10.8 Å². The Bertz CT molecular complexity index is 3110. The first kappa shape index (κ1) is 44.1. The van der Waals surface area contributed by atoms with E-state index >= 15 is 0 Å².